The largest absolute Gasteiger partial charge is 0.508 e. The van der Waals surface area contributed by atoms with Gasteiger partial charge in [0.1, 0.15) is 12.0 Å². The molecular formula is C13H16N2O3S3. The monoisotopic (exact) mass is 344 g/mol. The summed E-state index contributed by atoms with van der Waals surface area (Å²) in [6.45, 7) is 3.25. The van der Waals surface area contributed by atoms with Gasteiger partial charge in [-0.3, -0.25) is 4.79 Å². The van der Waals surface area contributed by atoms with Crippen LogP contribution in [0.15, 0.2) is 24.3 Å². The van der Waals surface area contributed by atoms with Crippen LogP contribution in [0.4, 0.5) is 0 Å². The number of rotatable bonds is 6. The second kappa shape index (κ2) is 8.50. The molecule has 0 saturated carbocycles. The lowest BCUT2D eigenvalue weighted by Crippen LogP contribution is -2.31. The molecule has 5 nitrogen and oxygen atoms in total. The molecule has 21 heavy (non-hydrogen) atoms. The molecule has 2 atom stereocenters. The summed E-state index contributed by atoms with van der Waals surface area (Å²) in [4.78, 5) is 22.7. The molecule has 0 aliphatic heterocycles. The van der Waals surface area contributed by atoms with E-state index in [1.807, 2.05) is 0 Å². The third-order valence-corrected chi connectivity index (χ3v) is 5.24. The number of phenols is 1. The van der Waals surface area contributed by atoms with Crippen LogP contribution in [-0.4, -0.2) is 36.5 Å². The molecule has 0 unspecified atom stereocenters. The van der Waals surface area contributed by atoms with Gasteiger partial charge in [0.25, 0.3) is 0 Å². The Balaban J connectivity index is 2.80. The fraction of sp³-hybridized carbons (Fsp3) is 0.308. The van der Waals surface area contributed by atoms with E-state index in [0.29, 0.717) is 4.20 Å². The summed E-state index contributed by atoms with van der Waals surface area (Å²) >= 11 is 7.29. The molecule has 0 heterocycles. The highest BCUT2D eigenvalue weighted by Gasteiger charge is 2.22. The number of benzene rings is 1. The van der Waals surface area contributed by atoms with Gasteiger partial charge in [-0.05, 0) is 50.1 Å². The van der Waals surface area contributed by atoms with Crippen molar-refractivity contribution in [2.45, 2.75) is 25.9 Å². The first-order valence-electron chi connectivity index (χ1n) is 6.08. The van der Waals surface area contributed by atoms with E-state index >= 15 is 0 Å². The number of carbonyl (C=O) groups excluding carboxylic acids is 2. The van der Waals surface area contributed by atoms with Crippen molar-refractivity contribution in [3.05, 3.63) is 29.8 Å². The molecule has 0 aliphatic carbocycles. The van der Waals surface area contributed by atoms with Crippen LogP contribution < -0.4 is 5.73 Å². The smallest absolute Gasteiger partial charge is 0.221 e. The third-order valence-electron chi connectivity index (χ3n) is 2.36. The Morgan fingerprint density at radius 1 is 1.33 bits per heavy atom. The number of aldehydes is 1. The third kappa shape index (κ3) is 5.76. The molecule has 1 rings (SSSR count). The quantitative estimate of drug-likeness (QED) is 0.461. The average molecular weight is 344 g/mol. The minimum atomic E-state index is -0.626. The number of nitrogens with two attached hydrogens (primary N) is 1. The van der Waals surface area contributed by atoms with Crippen LogP contribution >= 0.6 is 36.1 Å². The van der Waals surface area contributed by atoms with E-state index in [4.69, 9.17) is 18.0 Å². The maximum absolute atomic E-state index is 11.7. The van der Waals surface area contributed by atoms with Gasteiger partial charge >= 0.3 is 0 Å². The molecular weight excluding hydrogens is 328 g/mol. The lowest BCUT2D eigenvalue weighted by molar-refractivity contribution is -0.111. The van der Waals surface area contributed by atoms with Crippen LogP contribution in [0.2, 0.25) is 0 Å². The molecule has 0 radical (unpaired) electrons. The molecule has 0 spiro atoms. The highest BCUT2D eigenvalue weighted by atomic mass is 32.2. The van der Waals surface area contributed by atoms with Crippen LogP contribution in [0.3, 0.4) is 0 Å². The van der Waals surface area contributed by atoms with E-state index in [1.54, 1.807) is 26.0 Å². The lowest BCUT2D eigenvalue weighted by atomic mass is 10.2. The average Bonchev–Trinajstić information content (AvgIpc) is 2.45. The summed E-state index contributed by atoms with van der Waals surface area (Å²) in [6, 6.07) is 5.27. The first-order chi connectivity index (χ1) is 9.85. The molecule has 1 aromatic carbocycles. The molecule has 0 fully saturated rings. The van der Waals surface area contributed by atoms with Gasteiger partial charge in [-0.1, -0.05) is 12.2 Å². The molecule has 0 aliphatic rings. The normalized spacial score (nSPS) is 13.7. The summed E-state index contributed by atoms with van der Waals surface area (Å²) in [5.74, 6) is 0.145. The maximum atomic E-state index is 11.7. The Hall–Kier alpha value is -0.930. The molecule has 114 valence electrons. The Bertz CT molecular complexity index is 520. The SMILES string of the molecule is C[C@H](N)C(=O)SN(SC(=S)c1ccc(O)cc1)[C@@H](C)C=O. The predicted molar refractivity (Wildman–Crippen MR) is 91.0 cm³/mol. The predicted octanol–water partition coefficient (Wildman–Crippen LogP) is 2.13. The minimum Gasteiger partial charge on any atom is -0.508 e. The summed E-state index contributed by atoms with van der Waals surface area (Å²) < 4.78 is 2.02. The molecule has 0 bridgehead atoms. The first kappa shape index (κ1) is 18.1. The molecule has 0 amide bonds. The molecule has 3 N–H and O–H groups in total. The van der Waals surface area contributed by atoms with Gasteiger partial charge in [-0.15, -0.1) is 0 Å². The summed E-state index contributed by atoms with van der Waals surface area (Å²) in [5.41, 5.74) is 6.26. The van der Waals surface area contributed by atoms with Crippen LogP contribution in [-0.2, 0) is 9.59 Å². The fourth-order valence-corrected chi connectivity index (χ4v) is 3.43. The van der Waals surface area contributed by atoms with Gasteiger partial charge in [0.15, 0.2) is 0 Å². The fourth-order valence-electron chi connectivity index (χ4n) is 1.14. The van der Waals surface area contributed by atoms with Crippen molar-refractivity contribution >= 4 is 51.7 Å². The van der Waals surface area contributed by atoms with Crippen molar-refractivity contribution in [3.8, 4) is 5.75 Å². The van der Waals surface area contributed by atoms with Crippen molar-refractivity contribution in [3.63, 3.8) is 0 Å². The van der Waals surface area contributed by atoms with Crippen molar-refractivity contribution < 1.29 is 14.7 Å². The van der Waals surface area contributed by atoms with E-state index in [2.05, 4.69) is 0 Å². The standard InChI is InChI=1S/C13H16N2O3S3/c1-8(7-16)15(20-12(18)9(2)14)21-13(19)10-3-5-11(17)6-4-10/h3-9,17H,14H2,1-2H3/t8-,9-/m0/s1. The van der Waals surface area contributed by atoms with Gasteiger partial charge in [0.05, 0.1) is 16.3 Å². The second-order valence-corrected chi connectivity index (χ2v) is 7.15. The van der Waals surface area contributed by atoms with Crippen molar-refractivity contribution in [1.82, 2.24) is 3.71 Å². The minimum absolute atomic E-state index is 0.145. The zero-order valence-corrected chi connectivity index (χ0v) is 14.0. The zero-order valence-electron chi connectivity index (χ0n) is 11.6. The number of aromatic hydroxyl groups is 1. The van der Waals surface area contributed by atoms with Crippen LogP contribution in [0, 0.1) is 0 Å². The van der Waals surface area contributed by atoms with Crippen molar-refractivity contribution in [2.75, 3.05) is 0 Å². The van der Waals surface area contributed by atoms with Gasteiger partial charge in [-0.25, -0.2) is 0 Å². The van der Waals surface area contributed by atoms with E-state index < -0.39 is 12.1 Å². The first-order valence-corrected chi connectivity index (χ1v) is 8.04. The molecule has 1 aromatic rings. The molecule has 8 heteroatoms. The van der Waals surface area contributed by atoms with E-state index in [1.165, 1.54) is 15.8 Å². The van der Waals surface area contributed by atoms with Crippen molar-refractivity contribution in [2.24, 2.45) is 5.73 Å². The van der Waals surface area contributed by atoms with E-state index in [0.717, 1.165) is 35.7 Å². The van der Waals surface area contributed by atoms with E-state index in [9.17, 15) is 14.7 Å². The number of thiocarbonyl (C=S) groups is 1. The van der Waals surface area contributed by atoms with Crippen molar-refractivity contribution in [1.29, 1.82) is 0 Å². The van der Waals surface area contributed by atoms with Crippen LogP contribution in [0.25, 0.3) is 0 Å². The van der Waals surface area contributed by atoms with Gasteiger partial charge in [-0.2, -0.15) is 3.71 Å². The summed E-state index contributed by atoms with van der Waals surface area (Å²) in [6.07, 6.45) is 0.730. The Labute approximate surface area is 137 Å². The topological polar surface area (TPSA) is 83.6 Å². The number of phenolic OH excluding ortho intramolecular Hbond substituents is 1. The summed E-state index contributed by atoms with van der Waals surface area (Å²) in [5, 5.41) is 9.01. The second-order valence-electron chi connectivity index (χ2n) is 4.29. The summed E-state index contributed by atoms with van der Waals surface area (Å²) in [7, 11) is 0. The van der Waals surface area contributed by atoms with Gasteiger partial charge in [0, 0.05) is 17.5 Å². The Morgan fingerprint density at radius 2 is 1.90 bits per heavy atom. The maximum Gasteiger partial charge on any atom is 0.221 e. The highest BCUT2D eigenvalue weighted by Crippen LogP contribution is 2.29. The van der Waals surface area contributed by atoms with Crippen LogP contribution in [0.1, 0.15) is 19.4 Å². The zero-order chi connectivity index (χ0) is 16.0. The number of carbonyl (C=O) groups is 2. The van der Waals surface area contributed by atoms with Gasteiger partial charge < -0.3 is 15.6 Å². The number of nitrogens with zero attached hydrogens (tertiary/aromatic N) is 1. The number of hydrogen-bond donors (Lipinski definition) is 2. The molecule has 0 aromatic heterocycles. The lowest BCUT2D eigenvalue weighted by Gasteiger charge is -2.22. The van der Waals surface area contributed by atoms with Gasteiger partial charge in [0.2, 0.25) is 5.12 Å². The highest BCUT2D eigenvalue weighted by molar-refractivity contribution is 8.30. The molecule has 0 saturated heterocycles. The number of hydrogen-bond acceptors (Lipinski definition) is 8. The Morgan fingerprint density at radius 3 is 2.38 bits per heavy atom. The van der Waals surface area contributed by atoms with E-state index in [-0.39, 0.29) is 10.9 Å². The van der Waals surface area contributed by atoms with Crippen LogP contribution in [0.5, 0.6) is 5.75 Å². The Kier molecular flexibility index (Phi) is 7.33.